The maximum atomic E-state index is 11.8. The zero-order chi connectivity index (χ0) is 13.0. The number of likely N-dealkylation sites (tertiary alicyclic amines) is 1. The summed E-state index contributed by atoms with van der Waals surface area (Å²) in [4.78, 5) is 37.4. The van der Waals surface area contributed by atoms with E-state index < -0.39 is 6.04 Å². The van der Waals surface area contributed by atoms with E-state index in [0.717, 1.165) is 6.42 Å². The van der Waals surface area contributed by atoms with Crippen LogP contribution in [-0.2, 0) is 14.4 Å². The van der Waals surface area contributed by atoms with Crippen LogP contribution >= 0.6 is 0 Å². The lowest BCUT2D eigenvalue weighted by atomic mass is 10.2. The molecular formula is C11H19N3O3. The van der Waals surface area contributed by atoms with Crippen LogP contribution in [0.15, 0.2) is 0 Å². The quantitative estimate of drug-likeness (QED) is 0.640. The van der Waals surface area contributed by atoms with Crippen LogP contribution in [0, 0.1) is 0 Å². The first-order chi connectivity index (χ1) is 7.97. The number of rotatable bonds is 5. The van der Waals surface area contributed by atoms with Crippen molar-refractivity contribution in [1.29, 1.82) is 0 Å². The Morgan fingerprint density at radius 1 is 1.47 bits per heavy atom. The second kappa shape index (κ2) is 5.77. The monoisotopic (exact) mass is 241 g/mol. The molecule has 1 atom stereocenters. The van der Waals surface area contributed by atoms with Crippen molar-refractivity contribution >= 4 is 17.7 Å². The summed E-state index contributed by atoms with van der Waals surface area (Å²) in [5, 5.41) is 2.83. The van der Waals surface area contributed by atoms with Crippen LogP contribution in [0.2, 0.25) is 0 Å². The fourth-order valence-corrected chi connectivity index (χ4v) is 1.67. The molecule has 0 aromatic carbocycles. The Balaban J connectivity index is 2.49. The zero-order valence-corrected chi connectivity index (χ0v) is 10.5. The smallest absolute Gasteiger partial charge is 0.246 e. The molecule has 1 fully saturated rings. The van der Waals surface area contributed by atoms with Crippen LogP contribution in [-0.4, -0.2) is 60.7 Å². The lowest BCUT2D eigenvalue weighted by Crippen LogP contribution is -2.43. The Kier molecular flexibility index (Phi) is 4.62. The summed E-state index contributed by atoms with van der Waals surface area (Å²) in [6.45, 7) is 2.45. The Bertz CT molecular complexity index is 328. The predicted octanol–water partition coefficient (Wildman–Crippen LogP) is -0.798. The summed E-state index contributed by atoms with van der Waals surface area (Å²) in [5.41, 5.74) is 0. The van der Waals surface area contributed by atoms with Crippen molar-refractivity contribution in [3.63, 3.8) is 0 Å². The van der Waals surface area contributed by atoms with E-state index >= 15 is 0 Å². The minimum atomic E-state index is -0.544. The third kappa shape index (κ3) is 3.26. The number of amides is 3. The number of hydrogen-bond donors (Lipinski definition) is 1. The summed E-state index contributed by atoms with van der Waals surface area (Å²) < 4.78 is 0. The van der Waals surface area contributed by atoms with Gasteiger partial charge in [-0.1, -0.05) is 6.92 Å². The van der Waals surface area contributed by atoms with Crippen molar-refractivity contribution in [2.75, 3.05) is 27.2 Å². The Morgan fingerprint density at radius 2 is 2.12 bits per heavy atom. The van der Waals surface area contributed by atoms with Gasteiger partial charge in [-0.15, -0.1) is 0 Å². The molecule has 0 bridgehead atoms. The normalized spacial score (nSPS) is 19.9. The first-order valence-corrected chi connectivity index (χ1v) is 5.75. The van der Waals surface area contributed by atoms with Gasteiger partial charge in [0.25, 0.3) is 0 Å². The van der Waals surface area contributed by atoms with Crippen molar-refractivity contribution in [3.8, 4) is 0 Å². The maximum absolute atomic E-state index is 11.8. The number of imide groups is 1. The van der Waals surface area contributed by atoms with Gasteiger partial charge in [0, 0.05) is 20.6 Å². The van der Waals surface area contributed by atoms with Gasteiger partial charge < -0.3 is 4.90 Å². The molecule has 1 aliphatic heterocycles. The van der Waals surface area contributed by atoms with Crippen LogP contribution in [0.3, 0.4) is 0 Å². The van der Waals surface area contributed by atoms with Crippen LogP contribution in [0.5, 0.6) is 0 Å². The molecule has 17 heavy (non-hydrogen) atoms. The first-order valence-electron chi connectivity index (χ1n) is 5.75. The highest BCUT2D eigenvalue weighted by molar-refractivity contribution is 6.05. The molecule has 6 heteroatoms. The first kappa shape index (κ1) is 13.6. The van der Waals surface area contributed by atoms with E-state index in [1.807, 2.05) is 6.92 Å². The lowest BCUT2D eigenvalue weighted by Gasteiger charge is -2.15. The van der Waals surface area contributed by atoms with Crippen LogP contribution in [0.4, 0.5) is 0 Å². The second-order valence-corrected chi connectivity index (χ2v) is 4.31. The average Bonchev–Trinajstić information content (AvgIpc) is 2.53. The molecular weight excluding hydrogens is 222 g/mol. The molecule has 0 saturated carbocycles. The highest BCUT2D eigenvalue weighted by atomic mass is 16.2. The second-order valence-electron chi connectivity index (χ2n) is 4.31. The predicted molar refractivity (Wildman–Crippen MR) is 62.1 cm³/mol. The highest BCUT2D eigenvalue weighted by Crippen LogP contribution is 2.13. The molecule has 0 aromatic rings. The SMILES string of the molecule is CCCN1C(=O)CC(NCC(=O)N(C)C)C1=O. The largest absolute Gasteiger partial charge is 0.348 e. The van der Waals surface area contributed by atoms with E-state index in [2.05, 4.69) is 5.32 Å². The van der Waals surface area contributed by atoms with Gasteiger partial charge >= 0.3 is 0 Å². The van der Waals surface area contributed by atoms with Crippen LogP contribution in [0.25, 0.3) is 0 Å². The Hall–Kier alpha value is -1.43. The lowest BCUT2D eigenvalue weighted by molar-refractivity contribution is -0.138. The van der Waals surface area contributed by atoms with Gasteiger partial charge in [-0.25, -0.2) is 0 Å². The number of likely N-dealkylation sites (N-methyl/N-ethyl adjacent to an activating group) is 1. The Labute approximate surface area is 101 Å². The Morgan fingerprint density at radius 3 is 2.65 bits per heavy atom. The molecule has 1 unspecified atom stereocenters. The van der Waals surface area contributed by atoms with Gasteiger partial charge in [0.2, 0.25) is 17.7 Å². The van der Waals surface area contributed by atoms with Crippen molar-refractivity contribution in [3.05, 3.63) is 0 Å². The molecule has 0 radical (unpaired) electrons. The number of carbonyl (C=O) groups is 3. The highest BCUT2D eigenvalue weighted by Gasteiger charge is 2.37. The fraction of sp³-hybridized carbons (Fsp3) is 0.727. The molecule has 0 aliphatic carbocycles. The van der Waals surface area contributed by atoms with Crippen LogP contribution in [0.1, 0.15) is 19.8 Å². The number of carbonyl (C=O) groups excluding carboxylic acids is 3. The van der Waals surface area contributed by atoms with Crippen molar-refractivity contribution in [2.45, 2.75) is 25.8 Å². The van der Waals surface area contributed by atoms with Crippen molar-refractivity contribution in [1.82, 2.24) is 15.1 Å². The minimum Gasteiger partial charge on any atom is -0.348 e. The van der Waals surface area contributed by atoms with E-state index in [1.165, 1.54) is 9.80 Å². The summed E-state index contributed by atoms with van der Waals surface area (Å²) in [6, 6.07) is -0.544. The van der Waals surface area contributed by atoms with Crippen LogP contribution < -0.4 is 5.32 Å². The molecule has 0 spiro atoms. The van der Waals surface area contributed by atoms with E-state index in [-0.39, 0.29) is 30.7 Å². The van der Waals surface area contributed by atoms with Gasteiger partial charge in [-0.2, -0.15) is 0 Å². The van der Waals surface area contributed by atoms with Gasteiger partial charge in [0.1, 0.15) is 0 Å². The minimum absolute atomic E-state index is 0.0800. The molecule has 3 amide bonds. The fourth-order valence-electron chi connectivity index (χ4n) is 1.67. The molecule has 1 rings (SSSR count). The third-order valence-electron chi connectivity index (χ3n) is 2.69. The number of hydrogen-bond acceptors (Lipinski definition) is 4. The summed E-state index contributed by atoms with van der Waals surface area (Å²) >= 11 is 0. The average molecular weight is 241 g/mol. The standard InChI is InChI=1S/C11H19N3O3/c1-4-5-14-9(15)6-8(11(14)17)12-7-10(16)13(2)3/h8,12H,4-7H2,1-3H3. The topological polar surface area (TPSA) is 69.7 Å². The van der Waals surface area contributed by atoms with E-state index in [0.29, 0.717) is 6.54 Å². The maximum Gasteiger partial charge on any atom is 0.246 e. The van der Waals surface area contributed by atoms with E-state index in [9.17, 15) is 14.4 Å². The molecule has 0 aromatic heterocycles. The van der Waals surface area contributed by atoms with E-state index in [1.54, 1.807) is 14.1 Å². The molecule has 1 N–H and O–H groups in total. The molecule has 1 heterocycles. The molecule has 1 aliphatic rings. The molecule has 6 nitrogen and oxygen atoms in total. The van der Waals surface area contributed by atoms with Crippen molar-refractivity contribution < 1.29 is 14.4 Å². The van der Waals surface area contributed by atoms with Gasteiger partial charge in [-0.05, 0) is 6.42 Å². The molecule has 96 valence electrons. The van der Waals surface area contributed by atoms with Gasteiger partial charge in [0.15, 0.2) is 0 Å². The van der Waals surface area contributed by atoms with Crippen molar-refractivity contribution in [2.24, 2.45) is 0 Å². The molecule has 1 saturated heterocycles. The third-order valence-corrected chi connectivity index (χ3v) is 2.69. The summed E-state index contributed by atoms with van der Waals surface area (Å²) in [5.74, 6) is -0.491. The van der Waals surface area contributed by atoms with E-state index in [4.69, 9.17) is 0 Å². The summed E-state index contributed by atoms with van der Waals surface area (Å²) in [6.07, 6.45) is 0.903. The number of nitrogens with zero attached hydrogens (tertiary/aromatic N) is 2. The van der Waals surface area contributed by atoms with Gasteiger partial charge in [0.05, 0.1) is 19.0 Å². The zero-order valence-electron chi connectivity index (χ0n) is 10.5. The van der Waals surface area contributed by atoms with Gasteiger partial charge in [-0.3, -0.25) is 24.6 Å². The summed E-state index contributed by atoms with van der Waals surface area (Å²) in [7, 11) is 3.30. The number of nitrogens with one attached hydrogen (secondary N) is 1.